The number of nitro groups is 1. The topological polar surface area (TPSA) is 102 Å². The maximum absolute atomic E-state index is 12.9. The first-order chi connectivity index (χ1) is 14.0. The van der Waals surface area contributed by atoms with Gasteiger partial charge in [0.1, 0.15) is 5.75 Å². The van der Waals surface area contributed by atoms with Crippen LogP contribution in [0.25, 0.3) is 6.08 Å². The fourth-order valence-electron chi connectivity index (χ4n) is 2.99. The Morgan fingerprint density at radius 1 is 1.24 bits per heavy atom. The van der Waals surface area contributed by atoms with Gasteiger partial charge in [0.2, 0.25) is 0 Å². The van der Waals surface area contributed by atoms with Gasteiger partial charge in [0, 0.05) is 18.7 Å². The Morgan fingerprint density at radius 3 is 2.72 bits per heavy atom. The van der Waals surface area contributed by atoms with E-state index in [0.717, 1.165) is 6.42 Å². The van der Waals surface area contributed by atoms with E-state index < -0.39 is 16.9 Å². The zero-order valence-electron chi connectivity index (χ0n) is 15.9. The molecule has 1 aliphatic heterocycles. The molecule has 1 aliphatic rings. The number of carbonyl (C=O) groups is 2. The number of hydrogen-bond acceptors (Lipinski definition) is 5. The van der Waals surface area contributed by atoms with Crippen molar-refractivity contribution in [1.82, 2.24) is 5.32 Å². The molecule has 150 valence electrons. The first-order valence-electron chi connectivity index (χ1n) is 9.27. The molecule has 1 N–H and O–H groups in total. The van der Waals surface area contributed by atoms with Crippen molar-refractivity contribution in [2.75, 3.05) is 18.0 Å². The Kier molecular flexibility index (Phi) is 6.23. The molecule has 0 aliphatic carbocycles. The standard InChI is InChI=1S/C21H21N3O5/c1-2-13-22-21(26)19-14-23(17-9-5-6-10-18(17)29-19)20(25)12-11-15-7-3-4-8-16(15)24(27)28/h3-12,19H,2,13-14H2,1H3,(H,22,26)/b12-11+/t19-/m1/s1. The lowest BCUT2D eigenvalue weighted by Crippen LogP contribution is -2.50. The van der Waals surface area contributed by atoms with Crippen LogP contribution in [0.3, 0.4) is 0 Å². The van der Waals surface area contributed by atoms with Crippen molar-refractivity contribution >= 4 is 29.3 Å². The second-order valence-corrected chi connectivity index (χ2v) is 6.46. The number of fused-ring (bicyclic) bond motifs is 1. The minimum atomic E-state index is -0.833. The molecule has 0 spiro atoms. The zero-order chi connectivity index (χ0) is 20.8. The van der Waals surface area contributed by atoms with E-state index in [1.54, 1.807) is 42.5 Å². The summed E-state index contributed by atoms with van der Waals surface area (Å²) < 4.78 is 5.77. The molecule has 1 heterocycles. The predicted octanol–water partition coefficient (Wildman–Crippen LogP) is 2.93. The van der Waals surface area contributed by atoms with Crippen molar-refractivity contribution in [2.45, 2.75) is 19.4 Å². The number of ether oxygens (including phenoxy) is 1. The minimum Gasteiger partial charge on any atom is -0.477 e. The van der Waals surface area contributed by atoms with Crippen LogP contribution >= 0.6 is 0 Å². The molecule has 0 aromatic heterocycles. The number of hydrogen-bond donors (Lipinski definition) is 1. The highest BCUT2D eigenvalue weighted by molar-refractivity contribution is 6.06. The molecule has 8 nitrogen and oxygen atoms in total. The van der Waals surface area contributed by atoms with Gasteiger partial charge in [-0.25, -0.2) is 0 Å². The quantitative estimate of drug-likeness (QED) is 0.460. The Labute approximate surface area is 167 Å². The van der Waals surface area contributed by atoms with Crippen LogP contribution in [0.4, 0.5) is 11.4 Å². The van der Waals surface area contributed by atoms with E-state index in [4.69, 9.17) is 4.74 Å². The van der Waals surface area contributed by atoms with Gasteiger partial charge in [-0.3, -0.25) is 19.7 Å². The molecule has 0 bridgehead atoms. The van der Waals surface area contributed by atoms with E-state index in [1.807, 2.05) is 6.92 Å². The number of anilines is 1. The number of nitro benzene ring substituents is 1. The second kappa shape index (κ2) is 9.01. The molecule has 2 amide bonds. The van der Waals surface area contributed by atoms with E-state index >= 15 is 0 Å². The summed E-state index contributed by atoms with van der Waals surface area (Å²) in [5, 5.41) is 13.9. The van der Waals surface area contributed by atoms with Crippen molar-refractivity contribution in [1.29, 1.82) is 0 Å². The van der Waals surface area contributed by atoms with Gasteiger partial charge in [0.15, 0.2) is 6.10 Å². The summed E-state index contributed by atoms with van der Waals surface area (Å²) in [5.41, 5.74) is 0.782. The lowest BCUT2D eigenvalue weighted by molar-refractivity contribution is -0.385. The summed E-state index contributed by atoms with van der Waals surface area (Å²) in [6.07, 6.45) is 2.63. The average Bonchev–Trinajstić information content (AvgIpc) is 2.75. The Balaban J connectivity index is 1.85. The molecule has 8 heteroatoms. The molecule has 2 aromatic carbocycles. The predicted molar refractivity (Wildman–Crippen MR) is 109 cm³/mol. The molecule has 1 atom stereocenters. The van der Waals surface area contributed by atoms with Crippen LogP contribution in [-0.2, 0) is 9.59 Å². The van der Waals surface area contributed by atoms with Gasteiger partial charge in [0.25, 0.3) is 17.5 Å². The van der Waals surface area contributed by atoms with Crippen molar-refractivity contribution in [3.63, 3.8) is 0 Å². The van der Waals surface area contributed by atoms with Crippen molar-refractivity contribution in [2.24, 2.45) is 0 Å². The average molecular weight is 395 g/mol. The number of nitrogens with one attached hydrogen (secondary N) is 1. The fourth-order valence-corrected chi connectivity index (χ4v) is 2.99. The maximum atomic E-state index is 12.9. The molecular weight excluding hydrogens is 374 g/mol. The number of para-hydroxylation sites is 3. The van der Waals surface area contributed by atoms with Crippen LogP contribution in [0.2, 0.25) is 0 Å². The molecule has 0 fully saturated rings. The Hall–Kier alpha value is -3.68. The van der Waals surface area contributed by atoms with E-state index in [1.165, 1.54) is 23.1 Å². The minimum absolute atomic E-state index is 0.0482. The lowest BCUT2D eigenvalue weighted by Gasteiger charge is -2.33. The summed E-state index contributed by atoms with van der Waals surface area (Å²) in [6, 6.07) is 13.1. The number of nitrogens with zero attached hydrogens (tertiary/aromatic N) is 2. The fraction of sp³-hybridized carbons (Fsp3) is 0.238. The number of benzene rings is 2. The third-order valence-electron chi connectivity index (χ3n) is 4.42. The SMILES string of the molecule is CCCNC(=O)[C@H]1CN(C(=O)/C=C/c2ccccc2[N+](=O)[O-])c2ccccc2O1. The molecule has 0 saturated carbocycles. The zero-order valence-corrected chi connectivity index (χ0v) is 15.9. The van der Waals surface area contributed by atoms with Gasteiger partial charge < -0.3 is 15.0 Å². The first kappa shape index (κ1) is 20.1. The summed E-state index contributed by atoms with van der Waals surface area (Å²) in [4.78, 5) is 37.3. The Morgan fingerprint density at radius 2 is 1.97 bits per heavy atom. The van der Waals surface area contributed by atoms with Gasteiger partial charge in [-0.05, 0) is 30.7 Å². The Bertz CT molecular complexity index is 957. The monoisotopic (exact) mass is 395 g/mol. The van der Waals surface area contributed by atoms with Crippen LogP contribution in [0.1, 0.15) is 18.9 Å². The molecule has 29 heavy (non-hydrogen) atoms. The molecule has 3 rings (SSSR count). The van der Waals surface area contributed by atoms with E-state index in [9.17, 15) is 19.7 Å². The van der Waals surface area contributed by atoms with Crippen LogP contribution in [0, 0.1) is 10.1 Å². The lowest BCUT2D eigenvalue weighted by atomic mass is 10.1. The second-order valence-electron chi connectivity index (χ2n) is 6.46. The summed E-state index contributed by atoms with van der Waals surface area (Å²) >= 11 is 0. The van der Waals surface area contributed by atoms with E-state index in [0.29, 0.717) is 23.5 Å². The van der Waals surface area contributed by atoms with E-state index in [-0.39, 0.29) is 18.1 Å². The van der Waals surface area contributed by atoms with Gasteiger partial charge in [-0.2, -0.15) is 0 Å². The van der Waals surface area contributed by atoms with Gasteiger partial charge in [0.05, 0.1) is 22.7 Å². The maximum Gasteiger partial charge on any atom is 0.276 e. The van der Waals surface area contributed by atoms with Crippen LogP contribution in [0.15, 0.2) is 54.6 Å². The molecule has 0 saturated heterocycles. The van der Waals surface area contributed by atoms with Crippen molar-refractivity contribution in [3.8, 4) is 5.75 Å². The third kappa shape index (κ3) is 4.60. The molecule has 0 unspecified atom stereocenters. The first-order valence-corrected chi connectivity index (χ1v) is 9.27. The summed E-state index contributed by atoms with van der Waals surface area (Å²) in [5.74, 6) is -0.253. The van der Waals surface area contributed by atoms with Crippen molar-refractivity contribution in [3.05, 3.63) is 70.3 Å². The summed E-state index contributed by atoms with van der Waals surface area (Å²) in [7, 11) is 0. The third-order valence-corrected chi connectivity index (χ3v) is 4.42. The van der Waals surface area contributed by atoms with E-state index in [2.05, 4.69) is 5.32 Å². The smallest absolute Gasteiger partial charge is 0.276 e. The number of rotatable bonds is 6. The molecular formula is C21H21N3O5. The molecule has 0 radical (unpaired) electrons. The van der Waals surface area contributed by atoms with Crippen molar-refractivity contribution < 1.29 is 19.2 Å². The van der Waals surface area contributed by atoms with Gasteiger partial charge in [-0.1, -0.05) is 31.2 Å². The highest BCUT2D eigenvalue weighted by Gasteiger charge is 2.32. The van der Waals surface area contributed by atoms with Gasteiger partial charge >= 0.3 is 0 Å². The van der Waals surface area contributed by atoms with Crippen LogP contribution in [-0.4, -0.2) is 35.9 Å². The van der Waals surface area contributed by atoms with Gasteiger partial charge in [-0.15, -0.1) is 0 Å². The highest BCUT2D eigenvalue weighted by Crippen LogP contribution is 2.33. The number of amides is 2. The summed E-state index contributed by atoms with van der Waals surface area (Å²) in [6.45, 7) is 2.51. The van der Waals surface area contributed by atoms with Crippen LogP contribution < -0.4 is 15.0 Å². The van der Waals surface area contributed by atoms with Crippen LogP contribution in [0.5, 0.6) is 5.75 Å². The molecule has 2 aromatic rings. The largest absolute Gasteiger partial charge is 0.477 e. The number of carbonyl (C=O) groups excluding carboxylic acids is 2. The normalized spacial score (nSPS) is 15.5. The highest BCUT2D eigenvalue weighted by atomic mass is 16.6.